The minimum atomic E-state index is -0.452. The van der Waals surface area contributed by atoms with E-state index in [9.17, 15) is 4.79 Å². The van der Waals surface area contributed by atoms with Crippen LogP contribution in [0.2, 0.25) is 0 Å². The highest BCUT2D eigenvalue weighted by molar-refractivity contribution is 5.68. The number of rotatable bonds is 3. The fraction of sp³-hybridized carbons (Fsp3) is 0.727. The third-order valence-electron chi connectivity index (χ3n) is 1.66. The van der Waals surface area contributed by atoms with Crippen LogP contribution in [0.4, 0.5) is 4.79 Å². The van der Waals surface area contributed by atoms with Crippen molar-refractivity contribution in [3.8, 4) is 0 Å². The first kappa shape index (κ1) is 13.0. The molecule has 0 aliphatic rings. The Kier molecular flexibility index (Phi) is 4.68. The molecule has 0 spiro atoms. The Bertz CT molecular complexity index is 204. The number of hydrogen-bond donors (Lipinski definition) is 1. The second-order valence-electron chi connectivity index (χ2n) is 4.65. The van der Waals surface area contributed by atoms with E-state index in [2.05, 4.69) is 11.9 Å². The van der Waals surface area contributed by atoms with Crippen molar-refractivity contribution < 1.29 is 9.53 Å². The molecule has 0 aliphatic heterocycles. The van der Waals surface area contributed by atoms with E-state index in [1.807, 2.05) is 34.6 Å². The van der Waals surface area contributed by atoms with E-state index >= 15 is 0 Å². The van der Waals surface area contributed by atoms with E-state index in [1.165, 1.54) is 0 Å². The number of amides is 1. The molecule has 0 saturated carbocycles. The fourth-order valence-corrected chi connectivity index (χ4v) is 0.941. The van der Waals surface area contributed by atoms with Crippen molar-refractivity contribution in [1.82, 2.24) is 5.32 Å². The molecule has 0 unspecified atom stereocenters. The molecule has 82 valence electrons. The quantitative estimate of drug-likeness (QED) is 0.710. The van der Waals surface area contributed by atoms with Crippen molar-refractivity contribution >= 4 is 6.09 Å². The van der Waals surface area contributed by atoms with Crippen LogP contribution in [-0.2, 0) is 4.74 Å². The van der Waals surface area contributed by atoms with Crippen molar-refractivity contribution in [3.05, 3.63) is 12.7 Å². The maximum Gasteiger partial charge on any atom is 0.408 e. The van der Waals surface area contributed by atoms with Crippen LogP contribution in [0.5, 0.6) is 0 Å². The Morgan fingerprint density at radius 3 is 2.21 bits per heavy atom. The summed E-state index contributed by atoms with van der Waals surface area (Å²) < 4.78 is 5.12. The molecular formula is C11H21NO2. The van der Waals surface area contributed by atoms with Gasteiger partial charge in [-0.05, 0) is 26.7 Å². The molecule has 0 radical (unpaired) electrons. The van der Waals surface area contributed by atoms with Gasteiger partial charge in [-0.2, -0.15) is 0 Å². The molecule has 0 aromatic heterocycles. The molecule has 0 aromatic carbocycles. The Morgan fingerprint density at radius 2 is 1.93 bits per heavy atom. The SMILES string of the molecule is C=C[C@@H](NC(=O)OC(C)(C)C)C(C)C. The lowest BCUT2D eigenvalue weighted by molar-refractivity contribution is 0.0504. The van der Waals surface area contributed by atoms with Gasteiger partial charge in [0.2, 0.25) is 0 Å². The number of ether oxygens (including phenoxy) is 1. The molecule has 3 heteroatoms. The summed E-state index contributed by atoms with van der Waals surface area (Å²) in [6.07, 6.45) is 1.32. The van der Waals surface area contributed by atoms with Crippen LogP contribution in [0.3, 0.4) is 0 Å². The molecule has 0 bridgehead atoms. The summed E-state index contributed by atoms with van der Waals surface area (Å²) >= 11 is 0. The summed E-state index contributed by atoms with van der Waals surface area (Å²) in [5.74, 6) is 0.319. The first-order valence-corrected chi connectivity index (χ1v) is 4.88. The van der Waals surface area contributed by atoms with E-state index in [4.69, 9.17) is 4.74 Å². The predicted octanol–water partition coefficient (Wildman–Crippen LogP) is 2.72. The van der Waals surface area contributed by atoms with Crippen LogP contribution in [0.25, 0.3) is 0 Å². The van der Waals surface area contributed by atoms with Crippen molar-refractivity contribution in [1.29, 1.82) is 0 Å². The molecule has 0 saturated heterocycles. The van der Waals surface area contributed by atoms with Gasteiger partial charge in [-0.3, -0.25) is 0 Å². The first-order valence-electron chi connectivity index (χ1n) is 4.88. The van der Waals surface area contributed by atoms with Crippen LogP contribution >= 0.6 is 0 Å². The summed E-state index contributed by atoms with van der Waals surface area (Å²) in [6, 6.07) is -0.0372. The fourth-order valence-electron chi connectivity index (χ4n) is 0.941. The zero-order valence-electron chi connectivity index (χ0n) is 9.76. The average Bonchev–Trinajstić information content (AvgIpc) is 1.96. The van der Waals surface area contributed by atoms with E-state index in [0.717, 1.165) is 0 Å². The molecule has 0 rings (SSSR count). The van der Waals surface area contributed by atoms with Gasteiger partial charge in [-0.1, -0.05) is 19.9 Å². The highest BCUT2D eigenvalue weighted by Crippen LogP contribution is 2.08. The molecule has 1 atom stereocenters. The molecule has 0 aromatic rings. The summed E-state index contributed by atoms with van der Waals surface area (Å²) in [4.78, 5) is 11.4. The summed E-state index contributed by atoms with van der Waals surface area (Å²) in [6.45, 7) is 13.2. The minimum Gasteiger partial charge on any atom is -0.444 e. The van der Waals surface area contributed by atoms with E-state index in [1.54, 1.807) is 6.08 Å². The zero-order valence-corrected chi connectivity index (χ0v) is 9.76. The smallest absolute Gasteiger partial charge is 0.408 e. The van der Waals surface area contributed by atoms with E-state index < -0.39 is 11.7 Å². The lowest BCUT2D eigenvalue weighted by Crippen LogP contribution is -2.40. The lowest BCUT2D eigenvalue weighted by Gasteiger charge is -2.23. The molecule has 0 fully saturated rings. The standard InChI is InChI=1S/C11H21NO2/c1-7-9(8(2)3)12-10(13)14-11(4,5)6/h7-9H,1H2,2-6H3,(H,12,13)/t9-/m1/s1. The van der Waals surface area contributed by atoms with Gasteiger partial charge in [0.15, 0.2) is 0 Å². The van der Waals surface area contributed by atoms with E-state index in [0.29, 0.717) is 5.92 Å². The number of nitrogens with one attached hydrogen (secondary N) is 1. The summed E-state index contributed by atoms with van der Waals surface area (Å²) in [7, 11) is 0. The molecule has 3 nitrogen and oxygen atoms in total. The highest BCUT2D eigenvalue weighted by atomic mass is 16.6. The van der Waals surface area contributed by atoms with Gasteiger partial charge >= 0.3 is 6.09 Å². The second kappa shape index (κ2) is 5.03. The van der Waals surface area contributed by atoms with Gasteiger partial charge in [0.05, 0.1) is 6.04 Å². The topological polar surface area (TPSA) is 38.3 Å². The van der Waals surface area contributed by atoms with Gasteiger partial charge in [0.1, 0.15) is 5.60 Å². The largest absolute Gasteiger partial charge is 0.444 e. The first-order chi connectivity index (χ1) is 6.26. The van der Waals surface area contributed by atoms with Crippen molar-refractivity contribution in [3.63, 3.8) is 0 Å². The zero-order chi connectivity index (χ0) is 11.4. The molecular weight excluding hydrogens is 178 g/mol. The Morgan fingerprint density at radius 1 is 1.43 bits per heavy atom. The molecule has 1 amide bonds. The van der Waals surface area contributed by atoms with Crippen molar-refractivity contribution in [2.24, 2.45) is 5.92 Å². The summed E-state index contributed by atoms with van der Waals surface area (Å²) in [5.41, 5.74) is -0.452. The number of carbonyl (C=O) groups is 1. The third-order valence-corrected chi connectivity index (χ3v) is 1.66. The van der Waals surface area contributed by atoms with Crippen molar-refractivity contribution in [2.45, 2.75) is 46.3 Å². The maximum absolute atomic E-state index is 11.4. The average molecular weight is 199 g/mol. The van der Waals surface area contributed by atoms with Gasteiger partial charge in [-0.15, -0.1) is 6.58 Å². The highest BCUT2D eigenvalue weighted by Gasteiger charge is 2.19. The number of carbonyl (C=O) groups excluding carboxylic acids is 1. The second-order valence-corrected chi connectivity index (χ2v) is 4.65. The Labute approximate surface area is 86.5 Å². The van der Waals surface area contributed by atoms with Crippen molar-refractivity contribution in [2.75, 3.05) is 0 Å². The van der Waals surface area contributed by atoms with Crippen LogP contribution in [0, 0.1) is 5.92 Å². The van der Waals surface area contributed by atoms with Crippen LogP contribution in [0.1, 0.15) is 34.6 Å². The normalized spacial score (nSPS) is 13.6. The van der Waals surface area contributed by atoms with Gasteiger partial charge in [0.25, 0.3) is 0 Å². The van der Waals surface area contributed by atoms with Gasteiger partial charge in [0, 0.05) is 0 Å². The van der Waals surface area contributed by atoms with Gasteiger partial charge in [-0.25, -0.2) is 4.79 Å². The number of hydrogen-bond acceptors (Lipinski definition) is 2. The molecule has 1 N–H and O–H groups in total. The Balaban J connectivity index is 4.11. The van der Waals surface area contributed by atoms with Gasteiger partial charge < -0.3 is 10.1 Å². The van der Waals surface area contributed by atoms with Crippen LogP contribution in [0.15, 0.2) is 12.7 Å². The molecule has 14 heavy (non-hydrogen) atoms. The third kappa shape index (κ3) is 5.62. The minimum absolute atomic E-state index is 0.0372. The monoisotopic (exact) mass is 199 g/mol. The lowest BCUT2D eigenvalue weighted by atomic mass is 10.1. The molecule has 0 heterocycles. The number of alkyl carbamates (subject to hydrolysis) is 1. The molecule has 0 aliphatic carbocycles. The Hall–Kier alpha value is -0.990. The predicted molar refractivity (Wildman–Crippen MR) is 58.2 cm³/mol. The van der Waals surface area contributed by atoms with Crippen LogP contribution < -0.4 is 5.32 Å². The van der Waals surface area contributed by atoms with E-state index in [-0.39, 0.29) is 6.04 Å². The summed E-state index contributed by atoms with van der Waals surface area (Å²) in [5, 5.41) is 2.74. The maximum atomic E-state index is 11.4. The van der Waals surface area contributed by atoms with Crippen LogP contribution in [-0.4, -0.2) is 17.7 Å².